The largest absolute Gasteiger partial charge is 0.492 e. The van der Waals surface area contributed by atoms with Crippen molar-refractivity contribution >= 4 is 33.0 Å². The van der Waals surface area contributed by atoms with E-state index in [1.807, 2.05) is 43.3 Å². The van der Waals surface area contributed by atoms with Crippen LogP contribution >= 0.6 is 11.3 Å². The molecule has 0 saturated carbocycles. The highest BCUT2D eigenvalue weighted by Crippen LogP contribution is 2.24. The third kappa shape index (κ3) is 5.66. The number of benzene rings is 2. The molecule has 6 nitrogen and oxygen atoms in total. The second-order valence-electron chi connectivity index (χ2n) is 6.21. The first kappa shape index (κ1) is 21.0. The van der Waals surface area contributed by atoms with Gasteiger partial charge in [-0.2, -0.15) is 4.72 Å². The van der Waals surface area contributed by atoms with E-state index in [2.05, 4.69) is 10.0 Å². The number of hydrogen-bond donors (Lipinski definition) is 2. The zero-order chi connectivity index (χ0) is 20.7. The van der Waals surface area contributed by atoms with Gasteiger partial charge in [-0.05, 0) is 42.5 Å². The van der Waals surface area contributed by atoms with E-state index in [1.165, 1.54) is 6.07 Å². The van der Waals surface area contributed by atoms with Crippen LogP contribution in [0.2, 0.25) is 0 Å². The quantitative estimate of drug-likeness (QED) is 0.542. The van der Waals surface area contributed by atoms with E-state index in [-0.39, 0.29) is 10.6 Å². The normalized spacial score (nSPS) is 12.3. The lowest BCUT2D eigenvalue weighted by Gasteiger charge is -2.19. The minimum Gasteiger partial charge on any atom is -0.492 e. The van der Waals surface area contributed by atoms with Crippen molar-refractivity contribution in [3.05, 3.63) is 77.7 Å². The van der Waals surface area contributed by atoms with Crippen molar-refractivity contribution in [3.63, 3.8) is 0 Å². The second-order valence-corrected chi connectivity index (χ2v) is 9.10. The van der Waals surface area contributed by atoms with Gasteiger partial charge in [0.1, 0.15) is 16.0 Å². The number of sulfonamides is 1. The summed E-state index contributed by atoms with van der Waals surface area (Å²) < 4.78 is 33.7. The molecule has 29 heavy (non-hydrogen) atoms. The molecule has 2 N–H and O–H groups in total. The van der Waals surface area contributed by atoms with Gasteiger partial charge in [0.2, 0.25) is 5.91 Å². The minimum absolute atomic E-state index is 0.165. The first-order chi connectivity index (χ1) is 14.0. The second kappa shape index (κ2) is 9.69. The summed E-state index contributed by atoms with van der Waals surface area (Å²) in [5.41, 5.74) is 1.34. The van der Waals surface area contributed by atoms with E-state index in [0.29, 0.717) is 18.0 Å². The van der Waals surface area contributed by atoms with E-state index in [0.717, 1.165) is 16.9 Å². The predicted octanol–water partition coefficient (Wildman–Crippen LogP) is 3.68. The molecule has 0 unspecified atom stereocenters. The number of amides is 1. The van der Waals surface area contributed by atoms with Crippen LogP contribution in [-0.2, 0) is 21.2 Å². The molecule has 0 saturated heterocycles. The average Bonchev–Trinajstić information content (AvgIpc) is 3.26. The molecule has 0 aliphatic rings. The fraction of sp³-hybridized carbons (Fsp3) is 0.190. The summed E-state index contributed by atoms with van der Waals surface area (Å²) in [6, 6.07) is 18.5. The van der Waals surface area contributed by atoms with Gasteiger partial charge < -0.3 is 10.1 Å². The number of anilines is 1. The van der Waals surface area contributed by atoms with E-state index < -0.39 is 22.0 Å². The van der Waals surface area contributed by atoms with Crippen molar-refractivity contribution in [2.45, 2.75) is 23.6 Å². The summed E-state index contributed by atoms with van der Waals surface area (Å²) in [5, 5.41) is 4.48. The van der Waals surface area contributed by atoms with Crippen LogP contribution in [0, 0.1) is 0 Å². The fourth-order valence-corrected chi connectivity index (χ4v) is 4.98. The van der Waals surface area contributed by atoms with Gasteiger partial charge in [0.05, 0.1) is 12.3 Å². The number of carbonyl (C=O) groups is 1. The Kier molecular flexibility index (Phi) is 7.03. The monoisotopic (exact) mass is 430 g/mol. The lowest BCUT2D eigenvalue weighted by atomic mass is 10.1. The molecule has 1 amide bonds. The van der Waals surface area contributed by atoms with Gasteiger partial charge in [-0.25, -0.2) is 8.42 Å². The van der Waals surface area contributed by atoms with Crippen LogP contribution in [0.25, 0.3) is 0 Å². The molecule has 0 radical (unpaired) electrons. The Morgan fingerprint density at radius 1 is 1.03 bits per heavy atom. The molecule has 8 heteroatoms. The van der Waals surface area contributed by atoms with Crippen molar-refractivity contribution in [1.29, 1.82) is 0 Å². The van der Waals surface area contributed by atoms with Gasteiger partial charge in [-0.15, -0.1) is 11.3 Å². The maximum Gasteiger partial charge on any atom is 0.250 e. The van der Waals surface area contributed by atoms with E-state index in [9.17, 15) is 13.2 Å². The maximum atomic E-state index is 13.0. The topological polar surface area (TPSA) is 84.5 Å². The number of ether oxygens (including phenoxy) is 1. The van der Waals surface area contributed by atoms with Gasteiger partial charge in [0.15, 0.2) is 0 Å². The average molecular weight is 431 g/mol. The molecule has 0 aliphatic heterocycles. The number of rotatable bonds is 9. The lowest BCUT2D eigenvalue weighted by Crippen LogP contribution is -2.45. The highest BCUT2D eigenvalue weighted by molar-refractivity contribution is 7.91. The minimum atomic E-state index is -3.82. The summed E-state index contributed by atoms with van der Waals surface area (Å²) in [5.74, 6) is 0.0732. The Balaban J connectivity index is 1.85. The van der Waals surface area contributed by atoms with E-state index in [1.54, 1.807) is 29.6 Å². The highest BCUT2D eigenvalue weighted by atomic mass is 32.2. The molecule has 3 aromatic rings. The molecular weight excluding hydrogens is 408 g/mol. The number of para-hydroxylation sites is 2. The zero-order valence-electron chi connectivity index (χ0n) is 15.9. The number of nitrogens with one attached hydrogen (secondary N) is 2. The molecule has 0 spiro atoms. The molecule has 0 aliphatic carbocycles. The van der Waals surface area contributed by atoms with Crippen LogP contribution in [0.15, 0.2) is 76.3 Å². The molecular formula is C21H22N2O4S2. The summed E-state index contributed by atoms with van der Waals surface area (Å²) in [4.78, 5) is 13.0. The van der Waals surface area contributed by atoms with Crippen molar-refractivity contribution in [2.75, 3.05) is 11.9 Å². The Hall–Kier alpha value is -2.68. The van der Waals surface area contributed by atoms with Gasteiger partial charge in [0.25, 0.3) is 10.0 Å². The molecule has 152 valence electrons. The zero-order valence-corrected chi connectivity index (χ0v) is 17.5. The van der Waals surface area contributed by atoms with Crippen LogP contribution in [-0.4, -0.2) is 27.0 Å². The third-order valence-electron chi connectivity index (χ3n) is 4.10. The Morgan fingerprint density at radius 3 is 2.45 bits per heavy atom. The van der Waals surface area contributed by atoms with Gasteiger partial charge in [0, 0.05) is 0 Å². The smallest absolute Gasteiger partial charge is 0.250 e. The van der Waals surface area contributed by atoms with Crippen molar-refractivity contribution in [2.24, 2.45) is 0 Å². The summed E-state index contributed by atoms with van der Waals surface area (Å²) >= 11 is 1.10. The molecule has 0 bridgehead atoms. The summed E-state index contributed by atoms with van der Waals surface area (Å²) in [6.07, 6.45) is 0.216. The number of hydrogen-bond acceptors (Lipinski definition) is 5. The van der Waals surface area contributed by atoms with Crippen molar-refractivity contribution < 1.29 is 17.9 Å². The molecule has 2 aromatic carbocycles. The van der Waals surface area contributed by atoms with Crippen LogP contribution in [0.1, 0.15) is 12.5 Å². The fourth-order valence-electron chi connectivity index (χ4n) is 2.77. The Labute approximate surface area is 174 Å². The summed E-state index contributed by atoms with van der Waals surface area (Å²) in [6.45, 7) is 2.30. The molecule has 3 rings (SSSR count). The highest BCUT2D eigenvalue weighted by Gasteiger charge is 2.27. The first-order valence-electron chi connectivity index (χ1n) is 9.12. The standard InChI is InChI=1S/C21H22N2O4S2/c1-2-27-19-12-7-6-11-17(19)22-21(24)18(15-16-9-4-3-5-10-16)23-29(25,26)20-13-8-14-28-20/h3-14,18,23H,2,15H2,1H3,(H,22,24)/t18-/m1/s1. The number of thiophene rings is 1. The van der Waals surface area contributed by atoms with E-state index >= 15 is 0 Å². The SMILES string of the molecule is CCOc1ccccc1NC(=O)[C@@H](Cc1ccccc1)NS(=O)(=O)c1cccs1. The van der Waals surface area contributed by atoms with Crippen LogP contribution in [0.4, 0.5) is 5.69 Å². The summed E-state index contributed by atoms with van der Waals surface area (Å²) in [7, 11) is -3.82. The van der Waals surface area contributed by atoms with Gasteiger partial charge in [-0.3, -0.25) is 4.79 Å². The van der Waals surface area contributed by atoms with Crippen molar-refractivity contribution in [3.8, 4) is 5.75 Å². The predicted molar refractivity (Wildman–Crippen MR) is 115 cm³/mol. The molecule has 1 atom stereocenters. The molecule has 1 aromatic heterocycles. The van der Waals surface area contributed by atoms with Crippen LogP contribution in [0.5, 0.6) is 5.75 Å². The third-order valence-corrected chi connectivity index (χ3v) is 6.97. The first-order valence-corrected chi connectivity index (χ1v) is 11.5. The van der Waals surface area contributed by atoms with Crippen LogP contribution in [0.3, 0.4) is 0 Å². The molecule has 1 heterocycles. The van der Waals surface area contributed by atoms with Gasteiger partial charge in [-0.1, -0.05) is 48.5 Å². The number of carbonyl (C=O) groups excluding carboxylic acids is 1. The Bertz CT molecular complexity index is 1040. The Morgan fingerprint density at radius 2 is 1.76 bits per heavy atom. The maximum absolute atomic E-state index is 13.0. The van der Waals surface area contributed by atoms with Crippen LogP contribution < -0.4 is 14.8 Å². The lowest BCUT2D eigenvalue weighted by molar-refractivity contribution is -0.117. The van der Waals surface area contributed by atoms with E-state index in [4.69, 9.17) is 4.74 Å². The van der Waals surface area contributed by atoms with Gasteiger partial charge >= 0.3 is 0 Å². The van der Waals surface area contributed by atoms with Crippen molar-refractivity contribution in [1.82, 2.24) is 4.72 Å². The molecule has 0 fully saturated rings.